The first-order valence-electron chi connectivity index (χ1n) is 4.98. The smallest absolute Gasteiger partial charge is 0.409 e. The van der Waals surface area contributed by atoms with Crippen LogP contribution in [-0.2, 0) is 16.2 Å². The highest BCUT2D eigenvalue weighted by atomic mass is 32.2. The summed E-state index contributed by atoms with van der Waals surface area (Å²) in [5.74, 6) is -4.69. The minimum absolute atomic E-state index is 0.360. The summed E-state index contributed by atoms with van der Waals surface area (Å²) in [6, 6.07) is 1.39. The largest absolute Gasteiger partial charge is 0.416 e. The molecule has 0 spiro atoms. The average Bonchev–Trinajstić information content (AvgIpc) is 2.36. The highest BCUT2D eigenvalue weighted by Gasteiger charge is 2.32. The van der Waals surface area contributed by atoms with Gasteiger partial charge in [0.2, 0.25) is 0 Å². The van der Waals surface area contributed by atoms with E-state index >= 15 is 0 Å². The standard InChI is InChI=1S/C9H8F5N3O3S/c10-8(11)21(19,20)17-6-2-1-4(9(12,13)14)3-5(6)7(15)16-18/h1-3,8,17-18H,(H2,15,16). The summed E-state index contributed by atoms with van der Waals surface area (Å²) in [6.45, 7) is 0. The Morgan fingerprint density at radius 2 is 1.90 bits per heavy atom. The van der Waals surface area contributed by atoms with Crippen molar-refractivity contribution < 1.29 is 35.6 Å². The summed E-state index contributed by atoms with van der Waals surface area (Å²) in [6.07, 6.45) is -4.79. The average molecular weight is 333 g/mol. The van der Waals surface area contributed by atoms with E-state index in [4.69, 9.17) is 10.9 Å². The van der Waals surface area contributed by atoms with Gasteiger partial charge in [0, 0.05) is 5.56 Å². The predicted octanol–water partition coefficient (Wildman–Crippen LogP) is 1.76. The van der Waals surface area contributed by atoms with Crippen molar-refractivity contribution in [2.45, 2.75) is 11.9 Å². The quantitative estimate of drug-likeness (QED) is 0.257. The number of nitrogens with zero attached hydrogens (tertiary/aromatic N) is 1. The normalized spacial score (nSPS) is 13.5. The van der Waals surface area contributed by atoms with E-state index in [0.717, 1.165) is 0 Å². The van der Waals surface area contributed by atoms with Gasteiger partial charge in [-0.1, -0.05) is 5.16 Å². The van der Waals surface area contributed by atoms with E-state index < -0.39 is 44.6 Å². The highest BCUT2D eigenvalue weighted by Crippen LogP contribution is 2.32. The van der Waals surface area contributed by atoms with Gasteiger partial charge in [-0.05, 0) is 18.2 Å². The molecule has 0 aromatic heterocycles. The number of hydrogen-bond acceptors (Lipinski definition) is 4. The van der Waals surface area contributed by atoms with Crippen LogP contribution in [0, 0.1) is 0 Å². The van der Waals surface area contributed by atoms with Gasteiger partial charge in [0.15, 0.2) is 5.84 Å². The molecule has 6 nitrogen and oxygen atoms in total. The molecule has 118 valence electrons. The van der Waals surface area contributed by atoms with Crippen molar-refractivity contribution in [3.05, 3.63) is 29.3 Å². The fraction of sp³-hybridized carbons (Fsp3) is 0.222. The van der Waals surface area contributed by atoms with Crippen LogP contribution in [0.25, 0.3) is 0 Å². The van der Waals surface area contributed by atoms with Gasteiger partial charge in [0.25, 0.3) is 10.0 Å². The molecule has 1 aromatic rings. The number of oxime groups is 1. The first-order chi connectivity index (χ1) is 9.49. The number of amidine groups is 1. The number of rotatable bonds is 4. The molecule has 0 aliphatic carbocycles. The summed E-state index contributed by atoms with van der Waals surface area (Å²) < 4.78 is 85.5. The van der Waals surface area contributed by atoms with Crippen LogP contribution in [-0.4, -0.2) is 25.2 Å². The van der Waals surface area contributed by atoms with Gasteiger partial charge < -0.3 is 10.9 Å². The Labute approximate surface area is 115 Å². The van der Waals surface area contributed by atoms with E-state index in [9.17, 15) is 30.4 Å². The molecule has 0 radical (unpaired) electrons. The topological polar surface area (TPSA) is 105 Å². The monoisotopic (exact) mass is 333 g/mol. The molecule has 0 saturated carbocycles. The van der Waals surface area contributed by atoms with Crippen LogP contribution in [0.3, 0.4) is 0 Å². The van der Waals surface area contributed by atoms with Crippen molar-refractivity contribution in [2.75, 3.05) is 4.72 Å². The Bertz CT molecular complexity index is 657. The lowest BCUT2D eigenvalue weighted by Gasteiger charge is -2.14. The van der Waals surface area contributed by atoms with Crippen LogP contribution >= 0.6 is 0 Å². The summed E-state index contributed by atoms with van der Waals surface area (Å²) in [7, 11) is -5.12. The van der Waals surface area contributed by atoms with E-state index in [0.29, 0.717) is 18.2 Å². The van der Waals surface area contributed by atoms with Gasteiger partial charge >= 0.3 is 11.9 Å². The van der Waals surface area contributed by atoms with Crippen LogP contribution < -0.4 is 10.5 Å². The molecule has 0 unspecified atom stereocenters. The summed E-state index contributed by atoms with van der Waals surface area (Å²) in [5, 5.41) is 10.9. The van der Waals surface area contributed by atoms with Gasteiger partial charge in [-0.15, -0.1) is 0 Å². The van der Waals surface area contributed by atoms with E-state index in [1.54, 1.807) is 0 Å². The molecule has 1 rings (SSSR count). The van der Waals surface area contributed by atoms with Crippen LogP contribution in [0.4, 0.5) is 27.6 Å². The number of nitrogens with two attached hydrogens (primary N) is 1. The maximum atomic E-state index is 12.5. The molecule has 0 bridgehead atoms. The Kier molecular flexibility index (Phi) is 4.61. The molecule has 12 heteroatoms. The Morgan fingerprint density at radius 3 is 2.33 bits per heavy atom. The van der Waals surface area contributed by atoms with Crippen LogP contribution in [0.2, 0.25) is 0 Å². The number of halogens is 5. The van der Waals surface area contributed by atoms with Gasteiger partial charge in [0.1, 0.15) is 0 Å². The minimum atomic E-state index is -5.12. The zero-order chi connectivity index (χ0) is 16.4. The third-order valence-corrected chi connectivity index (χ3v) is 3.19. The van der Waals surface area contributed by atoms with Crippen molar-refractivity contribution in [1.29, 1.82) is 0 Å². The second-order valence-electron chi connectivity index (χ2n) is 3.65. The maximum absolute atomic E-state index is 12.5. The van der Waals surface area contributed by atoms with Crippen molar-refractivity contribution in [2.24, 2.45) is 10.9 Å². The van der Waals surface area contributed by atoms with Gasteiger partial charge in [-0.25, -0.2) is 8.42 Å². The van der Waals surface area contributed by atoms with Crippen molar-refractivity contribution in [1.82, 2.24) is 0 Å². The number of benzene rings is 1. The fourth-order valence-corrected chi connectivity index (χ4v) is 1.85. The fourth-order valence-electron chi connectivity index (χ4n) is 1.27. The summed E-state index contributed by atoms with van der Waals surface area (Å²) in [5.41, 5.74) is 2.50. The number of sulfonamides is 1. The number of anilines is 1. The minimum Gasteiger partial charge on any atom is -0.409 e. The number of alkyl halides is 5. The Balaban J connectivity index is 3.40. The molecule has 0 saturated heterocycles. The van der Waals surface area contributed by atoms with Crippen LogP contribution in [0.15, 0.2) is 23.4 Å². The SMILES string of the molecule is N/C(=N/O)c1cc(C(F)(F)F)ccc1NS(=O)(=O)C(F)F. The molecular formula is C9H8F5N3O3S. The van der Waals surface area contributed by atoms with E-state index in [1.165, 1.54) is 4.72 Å². The molecule has 4 N–H and O–H groups in total. The molecule has 1 aromatic carbocycles. The highest BCUT2D eigenvalue weighted by molar-refractivity contribution is 7.93. The van der Waals surface area contributed by atoms with Crippen molar-refractivity contribution in [3.63, 3.8) is 0 Å². The molecule has 0 atom stereocenters. The zero-order valence-corrected chi connectivity index (χ0v) is 10.7. The Hall–Kier alpha value is -2.11. The lowest BCUT2D eigenvalue weighted by Crippen LogP contribution is -2.24. The van der Waals surface area contributed by atoms with Crippen LogP contribution in [0.5, 0.6) is 0 Å². The molecule has 21 heavy (non-hydrogen) atoms. The first kappa shape index (κ1) is 16.9. The lowest BCUT2D eigenvalue weighted by molar-refractivity contribution is -0.137. The Morgan fingerprint density at radius 1 is 1.33 bits per heavy atom. The molecule has 0 amide bonds. The predicted molar refractivity (Wildman–Crippen MR) is 62.5 cm³/mol. The maximum Gasteiger partial charge on any atom is 0.416 e. The van der Waals surface area contributed by atoms with E-state index in [-0.39, 0.29) is 0 Å². The third kappa shape index (κ3) is 3.93. The number of hydrogen-bond donors (Lipinski definition) is 3. The van der Waals surface area contributed by atoms with Crippen molar-refractivity contribution >= 4 is 21.5 Å². The number of nitrogens with one attached hydrogen (secondary N) is 1. The lowest BCUT2D eigenvalue weighted by atomic mass is 10.1. The van der Waals surface area contributed by atoms with Gasteiger partial charge in [0.05, 0.1) is 11.3 Å². The van der Waals surface area contributed by atoms with E-state index in [2.05, 4.69) is 5.16 Å². The second-order valence-corrected chi connectivity index (χ2v) is 5.30. The molecule has 0 fully saturated rings. The zero-order valence-electron chi connectivity index (χ0n) is 9.90. The third-order valence-electron chi connectivity index (χ3n) is 2.22. The molecular weight excluding hydrogens is 325 g/mol. The molecule has 0 aliphatic heterocycles. The van der Waals surface area contributed by atoms with Crippen molar-refractivity contribution in [3.8, 4) is 0 Å². The first-order valence-corrected chi connectivity index (χ1v) is 6.52. The summed E-state index contributed by atoms with van der Waals surface area (Å²) >= 11 is 0. The van der Waals surface area contributed by atoms with Gasteiger partial charge in [-0.2, -0.15) is 22.0 Å². The molecule has 0 aliphatic rings. The van der Waals surface area contributed by atoms with Gasteiger partial charge in [-0.3, -0.25) is 4.72 Å². The molecule has 0 heterocycles. The summed E-state index contributed by atoms with van der Waals surface area (Å²) in [4.78, 5) is 0. The second kappa shape index (κ2) is 5.71. The van der Waals surface area contributed by atoms with Crippen LogP contribution in [0.1, 0.15) is 11.1 Å². The van der Waals surface area contributed by atoms with E-state index in [1.807, 2.05) is 0 Å².